The first-order valence-corrected chi connectivity index (χ1v) is 8.31. The predicted molar refractivity (Wildman–Crippen MR) is 89.8 cm³/mol. The van der Waals surface area contributed by atoms with Gasteiger partial charge in [0, 0.05) is 31.4 Å². The Morgan fingerprint density at radius 3 is 2.27 bits per heavy atom. The van der Waals surface area contributed by atoms with Gasteiger partial charge in [0.05, 0.1) is 5.56 Å². The molecule has 1 heterocycles. The number of aryl methyl sites for hydroxylation is 1. The molecule has 1 aromatic carbocycles. The molecular weight excluding hydrogens is 345 g/mol. The lowest BCUT2D eigenvalue weighted by atomic mass is 10.1. The number of alkyl halides is 3. The van der Waals surface area contributed by atoms with Crippen LogP contribution in [0.1, 0.15) is 51.7 Å². The number of hydrogen-bond acceptors (Lipinski definition) is 2. The summed E-state index contributed by atoms with van der Waals surface area (Å²) in [6.45, 7) is 1.67. The highest BCUT2D eigenvalue weighted by atomic mass is 19.4. The maximum atomic E-state index is 12.9. The van der Waals surface area contributed by atoms with E-state index in [0.29, 0.717) is 16.8 Å². The van der Waals surface area contributed by atoms with E-state index in [0.717, 1.165) is 25.0 Å². The summed E-state index contributed by atoms with van der Waals surface area (Å²) in [5.41, 5.74) is 0.786. The lowest BCUT2D eigenvalue weighted by Gasteiger charge is -2.23. The number of rotatable bonds is 5. The van der Waals surface area contributed by atoms with Crippen LogP contribution >= 0.6 is 0 Å². The molecule has 1 saturated carbocycles. The zero-order valence-corrected chi connectivity index (χ0v) is 14.5. The Kier molecular flexibility index (Phi) is 4.64. The van der Waals surface area contributed by atoms with E-state index in [1.54, 1.807) is 28.8 Å². The van der Waals surface area contributed by atoms with Crippen molar-refractivity contribution in [1.82, 2.24) is 9.47 Å². The molecule has 1 aliphatic carbocycles. The van der Waals surface area contributed by atoms with E-state index in [1.165, 1.54) is 19.1 Å². The molecule has 0 aliphatic heterocycles. The minimum absolute atomic E-state index is 0.0838. The van der Waals surface area contributed by atoms with Crippen LogP contribution in [0.2, 0.25) is 0 Å². The summed E-state index contributed by atoms with van der Waals surface area (Å²) in [5, 5.41) is 0. The van der Waals surface area contributed by atoms with Crippen LogP contribution in [0, 0.1) is 0 Å². The Balaban J connectivity index is 1.82. The molecule has 1 aliphatic rings. The first-order chi connectivity index (χ1) is 12.2. The van der Waals surface area contributed by atoms with Gasteiger partial charge in [-0.15, -0.1) is 0 Å². The first kappa shape index (κ1) is 18.2. The predicted octanol–water partition coefficient (Wildman–Crippen LogP) is 4.05. The Morgan fingerprint density at radius 2 is 1.81 bits per heavy atom. The Bertz CT molecular complexity index is 833. The van der Waals surface area contributed by atoms with Crippen molar-refractivity contribution in [3.05, 3.63) is 58.9 Å². The Morgan fingerprint density at radius 1 is 1.19 bits per heavy atom. The van der Waals surface area contributed by atoms with Crippen LogP contribution in [0.4, 0.5) is 13.2 Å². The molecule has 1 aromatic heterocycles. The van der Waals surface area contributed by atoms with Crippen molar-refractivity contribution in [1.29, 1.82) is 0 Å². The molecule has 7 heteroatoms. The van der Waals surface area contributed by atoms with Crippen molar-refractivity contribution in [2.24, 2.45) is 7.05 Å². The standard InChI is InChI=1S/C19H19F3N2O2/c1-12(25)14-9-17(23(2)11-14)18(26)24(16-7-8-16)10-13-3-5-15(6-4-13)19(20,21)22/h3-6,9,11,16H,7-8,10H2,1-2H3. The van der Waals surface area contributed by atoms with Crippen LogP contribution in [0.15, 0.2) is 36.5 Å². The molecule has 0 bridgehead atoms. The summed E-state index contributed by atoms with van der Waals surface area (Å²) < 4.78 is 39.7. The van der Waals surface area contributed by atoms with Crippen molar-refractivity contribution in [3.8, 4) is 0 Å². The molecular formula is C19H19F3N2O2. The van der Waals surface area contributed by atoms with Crippen LogP contribution in [0.25, 0.3) is 0 Å². The number of carbonyl (C=O) groups is 2. The summed E-state index contributed by atoms with van der Waals surface area (Å²) in [4.78, 5) is 26.1. The van der Waals surface area contributed by atoms with E-state index in [4.69, 9.17) is 0 Å². The number of halogens is 3. The van der Waals surface area contributed by atoms with Gasteiger partial charge in [0.25, 0.3) is 5.91 Å². The molecule has 26 heavy (non-hydrogen) atoms. The molecule has 3 rings (SSSR count). The molecule has 0 radical (unpaired) electrons. The average molecular weight is 364 g/mol. The molecule has 1 fully saturated rings. The number of aromatic nitrogens is 1. The maximum Gasteiger partial charge on any atom is 0.416 e. The third-order valence-corrected chi connectivity index (χ3v) is 4.51. The highest BCUT2D eigenvalue weighted by Crippen LogP contribution is 2.32. The second-order valence-electron chi connectivity index (χ2n) is 6.64. The fourth-order valence-electron chi connectivity index (χ4n) is 2.87. The first-order valence-electron chi connectivity index (χ1n) is 8.31. The van der Waals surface area contributed by atoms with Crippen LogP contribution in [-0.2, 0) is 19.8 Å². The maximum absolute atomic E-state index is 12.9. The van der Waals surface area contributed by atoms with E-state index >= 15 is 0 Å². The minimum Gasteiger partial charge on any atom is -0.346 e. The molecule has 0 atom stereocenters. The topological polar surface area (TPSA) is 42.3 Å². The summed E-state index contributed by atoms with van der Waals surface area (Å²) in [7, 11) is 1.70. The monoisotopic (exact) mass is 364 g/mol. The molecule has 0 unspecified atom stereocenters. The fraction of sp³-hybridized carbons (Fsp3) is 0.368. The van der Waals surface area contributed by atoms with Crippen molar-refractivity contribution < 1.29 is 22.8 Å². The molecule has 0 spiro atoms. The molecule has 0 N–H and O–H groups in total. The second kappa shape index (κ2) is 6.63. The normalized spacial score (nSPS) is 14.3. The van der Waals surface area contributed by atoms with Crippen molar-refractivity contribution >= 4 is 11.7 Å². The number of benzene rings is 1. The third-order valence-electron chi connectivity index (χ3n) is 4.51. The summed E-state index contributed by atoms with van der Waals surface area (Å²) in [6.07, 6.45) is -1.03. The Hall–Kier alpha value is -2.57. The van der Waals surface area contributed by atoms with E-state index in [1.807, 2.05) is 0 Å². The summed E-state index contributed by atoms with van der Waals surface area (Å²) in [6, 6.07) is 6.50. The lowest BCUT2D eigenvalue weighted by molar-refractivity contribution is -0.137. The number of nitrogens with zero attached hydrogens (tertiary/aromatic N) is 2. The van der Waals surface area contributed by atoms with E-state index in [2.05, 4.69) is 0 Å². The Labute approximate surface area is 149 Å². The van der Waals surface area contributed by atoms with Gasteiger partial charge in [0.1, 0.15) is 5.69 Å². The molecule has 138 valence electrons. The number of carbonyl (C=O) groups excluding carboxylic acids is 2. The third kappa shape index (κ3) is 3.81. The fourth-order valence-corrected chi connectivity index (χ4v) is 2.87. The van der Waals surface area contributed by atoms with Gasteiger partial charge in [-0.2, -0.15) is 13.2 Å². The van der Waals surface area contributed by atoms with E-state index < -0.39 is 11.7 Å². The second-order valence-corrected chi connectivity index (χ2v) is 6.64. The molecule has 2 aromatic rings. The van der Waals surface area contributed by atoms with Crippen molar-refractivity contribution in [2.75, 3.05) is 0 Å². The largest absolute Gasteiger partial charge is 0.416 e. The number of ketones is 1. The zero-order chi connectivity index (χ0) is 19.1. The lowest BCUT2D eigenvalue weighted by Crippen LogP contribution is -2.33. The SMILES string of the molecule is CC(=O)c1cc(C(=O)N(Cc2ccc(C(F)(F)F)cc2)C2CC2)n(C)c1. The number of amides is 1. The van der Waals surface area contributed by atoms with Gasteiger partial charge in [0.2, 0.25) is 0 Å². The minimum atomic E-state index is -4.38. The quantitative estimate of drug-likeness (QED) is 0.751. The van der Waals surface area contributed by atoms with Crippen LogP contribution < -0.4 is 0 Å². The van der Waals surface area contributed by atoms with E-state index in [9.17, 15) is 22.8 Å². The highest BCUT2D eigenvalue weighted by Gasteiger charge is 2.35. The van der Waals surface area contributed by atoms with Crippen molar-refractivity contribution in [3.63, 3.8) is 0 Å². The van der Waals surface area contributed by atoms with Gasteiger partial charge < -0.3 is 9.47 Å². The van der Waals surface area contributed by atoms with Crippen LogP contribution in [-0.4, -0.2) is 27.2 Å². The zero-order valence-electron chi connectivity index (χ0n) is 14.5. The molecule has 1 amide bonds. The van der Waals surface area contributed by atoms with Gasteiger partial charge in [-0.05, 0) is 43.5 Å². The smallest absolute Gasteiger partial charge is 0.346 e. The van der Waals surface area contributed by atoms with Gasteiger partial charge in [0.15, 0.2) is 5.78 Å². The van der Waals surface area contributed by atoms with E-state index in [-0.39, 0.29) is 24.3 Å². The van der Waals surface area contributed by atoms with Gasteiger partial charge in [-0.1, -0.05) is 12.1 Å². The van der Waals surface area contributed by atoms with Gasteiger partial charge >= 0.3 is 6.18 Å². The van der Waals surface area contributed by atoms with Crippen LogP contribution in [0.5, 0.6) is 0 Å². The van der Waals surface area contributed by atoms with Crippen LogP contribution in [0.3, 0.4) is 0 Å². The molecule has 0 saturated heterocycles. The van der Waals surface area contributed by atoms with Gasteiger partial charge in [-0.25, -0.2) is 0 Å². The number of hydrogen-bond donors (Lipinski definition) is 0. The highest BCUT2D eigenvalue weighted by molar-refractivity contribution is 5.99. The van der Waals surface area contributed by atoms with Gasteiger partial charge in [-0.3, -0.25) is 9.59 Å². The summed E-state index contributed by atoms with van der Waals surface area (Å²) >= 11 is 0. The van der Waals surface area contributed by atoms with Crippen molar-refractivity contribution in [2.45, 2.75) is 38.5 Å². The molecule has 4 nitrogen and oxygen atoms in total. The average Bonchev–Trinajstić information content (AvgIpc) is 3.33. The summed E-state index contributed by atoms with van der Waals surface area (Å²) in [5.74, 6) is -0.345. The number of Topliss-reactive ketones (excluding diaryl/α,β-unsaturated/α-hetero) is 1.